The van der Waals surface area contributed by atoms with Crippen LogP contribution in [-0.2, 0) is 28.5 Å². The summed E-state index contributed by atoms with van der Waals surface area (Å²) in [5.41, 5.74) is -1.46. The minimum atomic E-state index is -1.65. The molecule has 12 heteroatoms. The number of nitrogens with one attached hydrogen (secondary N) is 1. The fraction of sp³-hybridized carbons (Fsp3) is 0.556. The number of carboxylic acids is 1. The van der Waals surface area contributed by atoms with E-state index >= 15 is 0 Å². The van der Waals surface area contributed by atoms with E-state index in [1.165, 1.54) is 19.3 Å². The first-order valence-electron chi connectivity index (χ1n) is 12.8. The Kier molecular flexibility index (Phi) is 8.94. The van der Waals surface area contributed by atoms with Crippen LogP contribution in [0.1, 0.15) is 25.7 Å². The predicted octanol–water partition coefficient (Wildman–Crippen LogP) is -1.33. The average Bonchev–Trinajstić information content (AvgIpc) is 3.40. The van der Waals surface area contributed by atoms with Crippen LogP contribution in [0.4, 0.5) is 0 Å². The van der Waals surface area contributed by atoms with Gasteiger partial charge in [-0.1, -0.05) is 12.2 Å². The summed E-state index contributed by atoms with van der Waals surface area (Å²) >= 11 is 0. The van der Waals surface area contributed by atoms with E-state index in [1.807, 2.05) is 0 Å². The van der Waals surface area contributed by atoms with E-state index in [0.29, 0.717) is 29.2 Å². The maximum absolute atomic E-state index is 12.3. The van der Waals surface area contributed by atoms with Crippen LogP contribution in [0.15, 0.2) is 36.6 Å². The van der Waals surface area contributed by atoms with E-state index in [4.69, 9.17) is 18.9 Å². The van der Waals surface area contributed by atoms with E-state index in [9.17, 15) is 35.1 Å². The van der Waals surface area contributed by atoms with E-state index < -0.39 is 66.7 Å². The Morgan fingerprint density at radius 3 is 2.72 bits per heavy atom. The number of methoxy groups -OCH3 is 1. The maximum atomic E-state index is 12.3. The van der Waals surface area contributed by atoms with Crippen molar-refractivity contribution in [2.75, 3.05) is 20.3 Å². The number of fused-ring (bicyclic) bond motifs is 1. The minimum absolute atomic E-state index is 0.0818. The number of H-pyrrole nitrogens is 1. The van der Waals surface area contributed by atoms with Crippen LogP contribution in [0, 0.1) is 11.8 Å². The highest BCUT2D eigenvalue weighted by Gasteiger charge is 2.58. The molecule has 1 saturated heterocycles. The third-order valence-corrected chi connectivity index (χ3v) is 7.59. The summed E-state index contributed by atoms with van der Waals surface area (Å²) in [5.74, 6) is -2.80. The van der Waals surface area contributed by atoms with Gasteiger partial charge in [0.2, 0.25) is 0 Å². The first-order valence-corrected chi connectivity index (χ1v) is 12.8. The number of rotatable bonds is 10. The summed E-state index contributed by atoms with van der Waals surface area (Å²) in [7, 11) is 1.21. The number of aliphatic hydroxyl groups is 4. The van der Waals surface area contributed by atoms with Gasteiger partial charge in [-0.25, -0.2) is 4.79 Å². The molecular weight excluding hydrogens is 514 g/mol. The molecule has 2 aliphatic heterocycles. The molecule has 0 amide bonds. The standard InChI is InChI=1S/C27H35NO11/c1-3-15-17(11-21(31)32)16(25(35)36-2)6-7-18(15)37-26-23(33)24(34)27(20(13-30)38-26)12-14-8-9-28-22(14)19(39-27)5-4-10-29/h3,6,8-9,12,15,17-18,20,23-24,26,28-30,33-34H,1,4-5,7,10-11,13H2,2H3,(H,31,32). The number of ether oxygens (including phenoxy) is 4. The van der Waals surface area contributed by atoms with Crippen LogP contribution in [0.2, 0.25) is 0 Å². The normalized spacial score (nSPS) is 33.9. The SMILES string of the molecule is C=CC1C(OC2OC(CO)C3(C=c4cc[nH]c4=C(CCCO)O3)C(O)C2O)CC=C(C(=O)OC)C1CC(=O)O. The van der Waals surface area contributed by atoms with Gasteiger partial charge < -0.3 is 49.5 Å². The van der Waals surface area contributed by atoms with Gasteiger partial charge in [-0.3, -0.25) is 4.79 Å². The molecule has 1 aromatic heterocycles. The molecule has 39 heavy (non-hydrogen) atoms. The second kappa shape index (κ2) is 12.0. The molecule has 8 atom stereocenters. The number of aliphatic hydroxyl groups excluding tert-OH is 4. The summed E-state index contributed by atoms with van der Waals surface area (Å²) in [4.78, 5) is 27.0. The molecule has 6 N–H and O–H groups in total. The molecule has 1 aliphatic carbocycles. The molecule has 0 radical (unpaired) electrons. The minimum Gasteiger partial charge on any atom is -0.481 e. The zero-order valence-electron chi connectivity index (χ0n) is 21.6. The summed E-state index contributed by atoms with van der Waals surface area (Å²) in [6, 6.07) is 1.76. The molecule has 1 aromatic rings. The molecule has 8 unspecified atom stereocenters. The Morgan fingerprint density at radius 1 is 1.31 bits per heavy atom. The first kappa shape index (κ1) is 29.0. The van der Waals surface area contributed by atoms with E-state index in [0.717, 1.165) is 0 Å². The summed E-state index contributed by atoms with van der Waals surface area (Å²) in [5, 5.41) is 53.0. The lowest BCUT2D eigenvalue weighted by atomic mass is 9.74. The highest BCUT2D eigenvalue weighted by Crippen LogP contribution is 2.41. The second-order valence-corrected chi connectivity index (χ2v) is 9.85. The lowest BCUT2D eigenvalue weighted by Crippen LogP contribution is -2.69. The van der Waals surface area contributed by atoms with Crippen LogP contribution in [-0.4, -0.2) is 99.1 Å². The van der Waals surface area contributed by atoms with Crippen LogP contribution >= 0.6 is 0 Å². The fourth-order valence-corrected chi connectivity index (χ4v) is 5.69. The molecule has 3 heterocycles. The number of aromatic nitrogens is 1. The lowest BCUT2D eigenvalue weighted by Gasteiger charge is -2.51. The van der Waals surface area contributed by atoms with Crippen molar-refractivity contribution < 1.29 is 54.1 Å². The Morgan fingerprint density at radius 2 is 2.08 bits per heavy atom. The number of aromatic amines is 1. The first-order chi connectivity index (χ1) is 18.7. The van der Waals surface area contributed by atoms with Crippen molar-refractivity contribution in [3.05, 3.63) is 47.1 Å². The van der Waals surface area contributed by atoms with Crippen LogP contribution in [0.5, 0.6) is 0 Å². The number of carbonyl (C=O) groups is 2. The molecule has 4 rings (SSSR count). The monoisotopic (exact) mass is 549 g/mol. The topological polar surface area (TPSA) is 188 Å². The van der Waals surface area contributed by atoms with Crippen LogP contribution in [0.3, 0.4) is 0 Å². The van der Waals surface area contributed by atoms with Gasteiger partial charge in [-0.15, -0.1) is 6.58 Å². The Bertz CT molecular complexity index is 1220. The third-order valence-electron chi connectivity index (χ3n) is 7.59. The van der Waals surface area contributed by atoms with Crippen molar-refractivity contribution in [2.24, 2.45) is 11.8 Å². The van der Waals surface area contributed by atoms with Crippen molar-refractivity contribution in [2.45, 2.75) is 62.0 Å². The van der Waals surface area contributed by atoms with Crippen LogP contribution < -0.4 is 10.6 Å². The van der Waals surface area contributed by atoms with Gasteiger partial charge in [0.15, 0.2) is 11.9 Å². The van der Waals surface area contributed by atoms with Gasteiger partial charge in [-0.2, -0.15) is 0 Å². The number of hydrogen-bond donors (Lipinski definition) is 6. The van der Waals surface area contributed by atoms with Crippen molar-refractivity contribution in [3.8, 4) is 0 Å². The van der Waals surface area contributed by atoms with Crippen molar-refractivity contribution in [1.29, 1.82) is 0 Å². The zero-order chi connectivity index (χ0) is 28.3. The van der Waals surface area contributed by atoms with Gasteiger partial charge >= 0.3 is 11.9 Å². The van der Waals surface area contributed by atoms with Gasteiger partial charge in [0.25, 0.3) is 0 Å². The van der Waals surface area contributed by atoms with Gasteiger partial charge in [0.05, 0.1) is 31.6 Å². The molecule has 12 nitrogen and oxygen atoms in total. The Hall–Kier alpha value is -3.00. The quantitative estimate of drug-likeness (QED) is 0.150. The Balaban J connectivity index is 1.61. The Labute approximate surface area is 224 Å². The smallest absolute Gasteiger partial charge is 0.333 e. The molecule has 0 bridgehead atoms. The van der Waals surface area contributed by atoms with E-state index in [1.54, 1.807) is 18.3 Å². The fourth-order valence-electron chi connectivity index (χ4n) is 5.69. The molecule has 0 aromatic carbocycles. The van der Waals surface area contributed by atoms with Crippen LogP contribution in [0.25, 0.3) is 11.8 Å². The molecule has 214 valence electrons. The van der Waals surface area contributed by atoms with E-state index in [-0.39, 0.29) is 25.0 Å². The largest absolute Gasteiger partial charge is 0.481 e. The number of esters is 1. The summed E-state index contributed by atoms with van der Waals surface area (Å²) in [6.45, 7) is 3.13. The van der Waals surface area contributed by atoms with Crippen molar-refractivity contribution in [3.63, 3.8) is 0 Å². The number of carboxylic acid groups (broad SMARTS) is 1. The van der Waals surface area contributed by atoms with Gasteiger partial charge in [-0.05, 0) is 25.0 Å². The van der Waals surface area contributed by atoms with Gasteiger partial charge in [0, 0.05) is 41.9 Å². The number of aliphatic carboxylic acids is 1. The number of carbonyl (C=O) groups excluding carboxylic acids is 1. The van der Waals surface area contributed by atoms with Gasteiger partial charge in [0.1, 0.15) is 24.1 Å². The molecule has 1 spiro atoms. The molecule has 0 saturated carbocycles. The summed E-state index contributed by atoms with van der Waals surface area (Å²) < 4.78 is 23.1. The second-order valence-electron chi connectivity index (χ2n) is 9.85. The van der Waals surface area contributed by atoms with Crippen molar-refractivity contribution >= 4 is 23.8 Å². The maximum Gasteiger partial charge on any atom is 0.333 e. The zero-order valence-corrected chi connectivity index (χ0v) is 21.6. The molecule has 3 aliphatic rings. The third kappa shape index (κ3) is 5.40. The molecular formula is C27H35NO11. The highest BCUT2D eigenvalue weighted by atomic mass is 16.7. The van der Waals surface area contributed by atoms with E-state index in [2.05, 4.69) is 11.6 Å². The summed E-state index contributed by atoms with van der Waals surface area (Å²) in [6.07, 6.45) is 0.242. The predicted molar refractivity (Wildman–Crippen MR) is 135 cm³/mol. The highest BCUT2D eigenvalue weighted by molar-refractivity contribution is 5.90. The molecule has 1 fully saturated rings. The lowest BCUT2D eigenvalue weighted by molar-refractivity contribution is -0.328. The van der Waals surface area contributed by atoms with Crippen molar-refractivity contribution in [1.82, 2.24) is 4.98 Å². The number of hydrogen-bond acceptors (Lipinski definition) is 10. The average molecular weight is 550 g/mol.